The van der Waals surface area contributed by atoms with Crippen molar-refractivity contribution in [3.05, 3.63) is 24.3 Å². The van der Waals surface area contributed by atoms with Gasteiger partial charge in [0.2, 0.25) is 0 Å². The van der Waals surface area contributed by atoms with Gasteiger partial charge in [-0.2, -0.15) is 0 Å². The molecule has 0 spiro atoms. The Hall–Kier alpha value is -0.0800. The number of alkyl halides is 1. The molecule has 0 N–H and O–H groups in total. The first-order valence-electron chi connectivity index (χ1n) is 4.32. The lowest BCUT2D eigenvalue weighted by atomic mass is 10.1. The SMILES string of the molecule is CC(C)N(C)C1(Br)C=CC=CC1. The van der Waals surface area contributed by atoms with Gasteiger partial charge in [0.15, 0.2) is 0 Å². The molecule has 1 nitrogen and oxygen atoms in total. The minimum Gasteiger partial charge on any atom is -0.286 e. The van der Waals surface area contributed by atoms with Gasteiger partial charge >= 0.3 is 0 Å². The normalized spacial score (nSPS) is 28.8. The van der Waals surface area contributed by atoms with E-state index in [2.05, 4.69) is 66.0 Å². The molecule has 0 aliphatic heterocycles. The van der Waals surface area contributed by atoms with Crippen LogP contribution in [0.5, 0.6) is 0 Å². The summed E-state index contributed by atoms with van der Waals surface area (Å²) in [6, 6.07) is 0.556. The van der Waals surface area contributed by atoms with Crippen LogP contribution in [-0.4, -0.2) is 22.4 Å². The maximum atomic E-state index is 3.75. The Morgan fingerprint density at radius 2 is 2.08 bits per heavy atom. The van der Waals surface area contributed by atoms with Crippen molar-refractivity contribution in [2.45, 2.75) is 30.8 Å². The smallest absolute Gasteiger partial charge is 0.0989 e. The molecule has 0 heterocycles. The highest BCUT2D eigenvalue weighted by atomic mass is 79.9. The Morgan fingerprint density at radius 1 is 1.42 bits per heavy atom. The van der Waals surface area contributed by atoms with Crippen molar-refractivity contribution < 1.29 is 0 Å². The minimum atomic E-state index is 0.0376. The molecule has 1 rings (SSSR count). The van der Waals surface area contributed by atoms with Crippen LogP contribution in [0.3, 0.4) is 0 Å². The topological polar surface area (TPSA) is 3.24 Å². The summed E-state index contributed by atoms with van der Waals surface area (Å²) in [5.41, 5.74) is 0. The average Bonchev–Trinajstić information content (AvgIpc) is 2.04. The summed E-state index contributed by atoms with van der Waals surface area (Å²) in [7, 11) is 2.14. The van der Waals surface area contributed by atoms with Gasteiger partial charge in [-0.1, -0.05) is 40.2 Å². The number of hydrogen-bond donors (Lipinski definition) is 0. The van der Waals surface area contributed by atoms with Gasteiger partial charge in [0.25, 0.3) is 0 Å². The number of rotatable bonds is 2. The first-order chi connectivity index (χ1) is 5.56. The van der Waals surface area contributed by atoms with E-state index in [-0.39, 0.29) is 4.45 Å². The molecule has 0 radical (unpaired) electrons. The largest absolute Gasteiger partial charge is 0.286 e. The molecule has 68 valence electrons. The van der Waals surface area contributed by atoms with Gasteiger partial charge in [0, 0.05) is 6.04 Å². The molecule has 1 aliphatic rings. The summed E-state index contributed by atoms with van der Waals surface area (Å²) in [5.74, 6) is 0. The quantitative estimate of drug-likeness (QED) is 0.520. The minimum absolute atomic E-state index is 0.0376. The average molecular weight is 230 g/mol. The molecule has 0 aromatic rings. The summed E-state index contributed by atoms with van der Waals surface area (Å²) in [6.45, 7) is 4.41. The standard InChI is InChI=1S/C10H16BrN/c1-9(2)12(3)10(11)7-5-4-6-8-10/h4-7,9H,8H2,1-3H3. The lowest BCUT2D eigenvalue weighted by molar-refractivity contribution is 0.209. The maximum absolute atomic E-state index is 3.75. The molecule has 0 saturated heterocycles. The van der Waals surface area contributed by atoms with E-state index in [4.69, 9.17) is 0 Å². The first kappa shape index (κ1) is 10.0. The van der Waals surface area contributed by atoms with Crippen LogP contribution in [0.15, 0.2) is 24.3 Å². The van der Waals surface area contributed by atoms with Crippen LogP contribution in [0.1, 0.15) is 20.3 Å². The highest BCUT2D eigenvalue weighted by Crippen LogP contribution is 2.32. The predicted molar refractivity (Wildman–Crippen MR) is 57.5 cm³/mol. The molecule has 0 bridgehead atoms. The Labute approximate surface area is 83.3 Å². The molecule has 0 fully saturated rings. The molecule has 0 aromatic carbocycles. The van der Waals surface area contributed by atoms with Gasteiger partial charge in [0.05, 0.1) is 4.45 Å². The van der Waals surface area contributed by atoms with Gasteiger partial charge in [-0.15, -0.1) is 0 Å². The van der Waals surface area contributed by atoms with Gasteiger partial charge in [-0.05, 0) is 27.3 Å². The summed E-state index contributed by atoms with van der Waals surface area (Å²) < 4.78 is 0.0376. The summed E-state index contributed by atoms with van der Waals surface area (Å²) in [6.07, 6.45) is 9.61. The fourth-order valence-corrected chi connectivity index (χ4v) is 2.02. The zero-order chi connectivity index (χ0) is 9.19. The summed E-state index contributed by atoms with van der Waals surface area (Å²) in [4.78, 5) is 2.33. The Bertz CT molecular complexity index is 208. The van der Waals surface area contributed by atoms with Gasteiger partial charge in [-0.25, -0.2) is 0 Å². The lowest BCUT2D eigenvalue weighted by Gasteiger charge is -2.37. The molecule has 12 heavy (non-hydrogen) atoms. The van der Waals surface area contributed by atoms with Crippen LogP contribution >= 0.6 is 15.9 Å². The first-order valence-corrected chi connectivity index (χ1v) is 5.12. The third kappa shape index (κ3) is 1.99. The lowest BCUT2D eigenvalue weighted by Crippen LogP contribution is -2.43. The second-order valence-electron chi connectivity index (χ2n) is 3.51. The van der Waals surface area contributed by atoms with Crippen LogP contribution in [-0.2, 0) is 0 Å². The van der Waals surface area contributed by atoms with Crippen molar-refractivity contribution in [3.8, 4) is 0 Å². The van der Waals surface area contributed by atoms with Crippen molar-refractivity contribution in [3.63, 3.8) is 0 Å². The Morgan fingerprint density at radius 3 is 2.50 bits per heavy atom. The molecule has 1 unspecified atom stereocenters. The monoisotopic (exact) mass is 229 g/mol. The predicted octanol–water partition coefficient (Wildman–Crippen LogP) is 2.93. The third-order valence-electron chi connectivity index (χ3n) is 2.36. The van der Waals surface area contributed by atoms with Crippen molar-refractivity contribution in [1.29, 1.82) is 0 Å². The molecule has 0 aromatic heterocycles. The highest BCUT2D eigenvalue weighted by molar-refractivity contribution is 9.10. The van der Waals surface area contributed by atoms with E-state index >= 15 is 0 Å². The fraction of sp³-hybridized carbons (Fsp3) is 0.600. The third-order valence-corrected chi connectivity index (χ3v) is 3.51. The molecule has 0 saturated carbocycles. The van der Waals surface area contributed by atoms with E-state index in [1.807, 2.05) is 0 Å². The Kier molecular flexibility index (Phi) is 3.13. The number of likely N-dealkylation sites (N-methyl/N-ethyl adjacent to an activating group) is 1. The van der Waals surface area contributed by atoms with Gasteiger partial charge < -0.3 is 0 Å². The summed E-state index contributed by atoms with van der Waals surface area (Å²) in [5, 5.41) is 0. The maximum Gasteiger partial charge on any atom is 0.0989 e. The van der Waals surface area contributed by atoms with Gasteiger partial charge in [0.1, 0.15) is 0 Å². The van der Waals surface area contributed by atoms with E-state index in [1.54, 1.807) is 0 Å². The van der Waals surface area contributed by atoms with Crippen molar-refractivity contribution in [2.24, 2.45) is 0 Å². The molecular weight excluding hydrogens is 214 g/mol. The zero-order valence-electron chi connectivity index (χ0n) is 7.92. The molecule has 1 atom stereocenters. The van der Waals surface area contributed by atoms with Crippen molar-refractivity contribution in [1.82, 2.24) is 4.90 Å². The number of hydrogen-bond acceptors (Lipinski definition) is 1. The number of nitrogens with zero attached hydrogens (tertiary/aromatic N) is 1. The molecule has 2 heteroatoms. The second-order valence-corrected chi connectivity index (χ2v) is 4.89. The van der Waals surface area contributed by atoms with Crippen LogP contribution in [0, 0.1) is 0 Å². The van der Waals surface area contributed by atoms with Crippen LogP contribution in [0.4, 0.5) is 0 Å². The zero-order valence-corrected chi connectivity index (χ0v) is 9.51. The number of halogens is 1. The van der Waals surface area contributed by atoms with Gasteiger partial charge in [-0.3, -0.25) is 4.90 Å². The highest BCUT2D eigenvalue weighted by Gasteiger charge is 2.29. The summed E-state index contributed by atoms with van der Waals surface area (Å²) >= 11 is 3.75. The van der Waals surface area contributed by atoms with E-state index in [9.17, 15) is 0 Å². The van der Waals surface area contributed by atoms with E-state index in [0.29, 0.717) is 6.04 Å². The van der Waals surface area contributed by atoms with Crippen LogP contribution < -0.4 is 0 Å². The number of allylic oxidation sites excluding steroid dienone is 2. The van der Waals surface area contributed by atoms with E-state index in [0.717, 1.165) is 6.42 Å². The van der Waals surface area contributed by atoms with Crippen molar-refractivity contribution in [2.75, 3.05) is 7.05 Å². The molecule has 0 amide bonds. The van der Waals surface area contributed by atoms with Crippen LogP contribution in [0.2, 0.25) is 0 Å². The van der Waals surface area contributed by atoms with E-state index < -0.39 is 0 Å². The Balaban J connectivity index is 2.72. The molecule has 1 aliphatic carbocycles. The van der Waals surface area contributed by atoms with Crippen LogP contribution in [0.25, 0.3) is 0 Å². The fourth-order valence-electron chi connectivity index (χ4n) is 1.27. The second kappa shape index (κ2) is 3.75. The molecular formula is C10H16BrN. The van der Waals surface area contributed by atoms with Crippen molar-refractivity contribution >= 4 is 15.9 Å². The van der Waals surface area contributed by atoms with E-state index in [1.165, 1.54) is 0 Å².